The molecule has 0 amide bonds. The summed E-state index contributed by atoms with van der Waals surface area (Å²) >= 11 is 0. The van der Waals surface area contributed by atoms with Gasteiger partial charge in [-0.1, -0.05) is 20.8 Å². The number of carbonyl (C=O) groups excluding carboxylic acids is 3. The van der Waals surface area contributed by atoms with Crippen molar-refractivity contribution in [3.05, 3.63) is 18.7 Å². The third-order valence-electron chi connectivity index (χ3n) is 6.63. The van der Waals surface area contributed by atoms with E-state index in [0.29, 0.717) is 32.3 Å². The van der Waals surface area contributed by atoms with E-state index in [1.54, 1.807) is 12.5 Å². The second kappa shape index (κ2) is 12.9. The summed E-state index contributed by atoms with van der Waals surface area (Å²) in [5.41, 5.74) is -2.08. The molecule has 1 aromatic heterocycles. The molecule has 1 heterocycles. The molecule has 0 aliphatic carbocycles. The third-order valence-corrected chi connectivity index (χ3v) is 6.63. The smallest absolute Gasteiger partial charge is 0.311 e. The van der Waals surface area contributed by atoms with E-state index in [1.165, 1.54) is 0 Å². The molecule has 0 spiro atoms. The summed E-state index contributed by atoms with van der Waals surface area (Å²) in [6, 6.07) is -0.160. The van der Waals surface area contributed by atoms with E-state index in [-0.39, 0.29) is 37.2 Å². The number of carbonyl (C=O) groups is 3. The summed E-state index contributed by atoms with van der Waals surface area (Å²) < 4.78 is 18.1. The summed E-state index contributed by atoms with van der Waals surface area (Å²) in [5.74, 6) is -0.906. The molecular weight excluding hydrogens is 436 g/mol. The number of imidazole rings is 1. The number of esters is 3. The van der Waals surface area contributed by atoms with Crippen LogP contribution in [0.4, 0.5) is 0 Å². The molecular formula is C26H44N2O6. The van der Waals surface area contributed by atoms with E-state index >= 15 is 0 Å². The Kier molecular flexibility index (Phi) is 11.3. The lowest BCUT2D eigenvalue weighted by molar-refractivity contribution is -0.164. The first-order valence-electron chi connectivity index (χ1n) is 12.3. The van der Waals surface area contributed by atoms with Gasteiger partial charge >= 0.3 is 17.9 Å². The molecule has 34 heavy (non-hydrogen) atoms. The lowest BCUT2D eigenvalue weighted by Crippen LogP contribution is -2.36. The Bertz CT molecular complexity index is 787. The molecule has 0 saturated heterocycles. The number of aromatic nitrogens is 2. The van der Waals surface area contributed by atoms with Crippen LogP contribution in [-0.4, -0.2) is 47.3 Å². The molecule has 0 aliphatic heterocycles. The fourth-order valence-corrected chi connectivity index (χ4v) is 3.51. The van der Waals surface area contributed by atoms with Gasteiger partial charge in [0, 0.05) is 18.4 Å². The minimum atomic E-state index is -0.787. The van der Waals surface area contributed by atoms with Crippen molar-refractivity contribution in [3.63, 3.8) is 0 Å². The Morgan fingerprint density at radius 2 is 1.35 bits per heavy atom. The van der Waals surface area contributed by atoms with E-state index in [2.05, 4.69) is 4.98 Å². The summed E-state index contributed by atoms with van der Waals surface area (Å²) in [4.78, 5) is 42.0. The largest absolute Gasteiger partial charge is 0.465 e. The second-order valence-electron chi connectivity index (χ2n) is 10.5. The Morgan fingerprint density at radius 1 is 0.794 bits per heavy atom. The zero-order chi connectivity index (χ0) is 26.0. The highest BCUT2D eigenvalue weighted by Gasteiger charge is 2.40. The van der Waals surface area contributed by atoms with Crippen LogP contribution < -0.4 is 0 Å². The normalized spacial score (nSPS) is 14.7. The standard InChI is InChI=1S/C26H44N2O6/c1-9-14-32-22(30)25(6,7)17-20(28-13-12-27-19-28)18-26(8,11-3)23(31)34-16-15-33-21(29)24(4,5)10-2/h12-13,19-20H,9-11,14-18H2,1-8H3. The van der Waals surface area contributed by atoms with Crippen LogP contribution in [0.15, 0.2) is 18.7 Å². The molecule has 0 fully saturated rings. The quantitative estimate of drug-likeness (QED) is 0.195. The number of ether oxygens (including phenoxy) is 3. The van der Waals surface area contributed by atoms with Gasteiger partial charge in [-0.2, -0.15) is 0 Å². The molecule has 2 atom stereocenters. The Hall–Kier alpha value is -2.38. The minimum absolute atomic E-state index is 0.00450. The maximum absolute atomic E-state index is 13.1. The van der Waals surface area contributed by atoms with Crippen molar-refractivity contribution in [2.75, 3.05) is 19.8 Å². The van der Waals surface area contributed by atoms with Crippen LogP contribution in [-0.2, 0) is 28.6 Å². The molecule has 1 aromatic rings. The fraction of sp³-hybridized carbons (Fsp3) is 0.769. The van der Waals surface area contributed by atoms with Gasteiger partial charge in [-0.15, -0.1) is 0 Å². The molecule has 1 rings (SSSR count). The second-order valence-corrected chi connectivity index (χ2v) is 10.5. The third kappa shape index (κ3) is 8.44. The average molecular weight is 481 g/mol. The van der Waals surface area contributed by atoms with E-state index in [1.807, 2.05) is 66.2 Å². The van der Waals surface area contributed by atoms with Crippen LogP contribution in [0.25, 0.3) is 0 Å². The Labute approximate surface area is 204 Å². The van der Waals surface area contributed by atoms with Gasteiger partial charge < -0.3 is 18.8 Å². The van der Waals surface area contributed by atoms with Crippen LogP contribution in [0, 0.1) is 16.2 Å². The van der Waals surface area contributed by atoms with Crippen molar-refractivity contribution < 1.29 is 28.6 Å². The molecule has 0 aliphatic rings. The maximum atomic E-state index is 13.1. The van der Waals surface area contributed by atoms with Gasteiger partial charge in [0.2, 0.25) is 0 Å². The van der Waals surface area contributed by atoms with Gasteiger partial charge in [0.15, 0.2) is 0 Å². The number of nitrogens with zero attached hydrogens (tertiary/aromatic N) is 2. The first-order valence-corrected chi connectivity index (χ1v) is 12.3. The van der Waals surface area contributed by atoms with Crippen LogP contribution in [0.5, 0.6) is 0 Å². The van der Waals surface area contributed by atoms with E-state index in [0.717, 1.165) is 6.42 Å². The van der Waals surface area contributed by atoms with Crippen molar-refractivity contribution in [2.24, 2.45) is 16.2 Å². The van der Waals surface area contributed by atoms with E-state index in [9.17, 15) is 14.4 Å². The van der Waals surface area contributed by atoms with Gasteiger partial charge in [0.05, 0.1) is 29.2 Å². The van der Waals surface area contributed by atoms with Gasteiger partial charge in [0.1, 0.15) is 13.2 Å². The molecule has 0 aromatic carbocycles. The van der Waals surface area contributed by atoms with Crippen LogP contribution in [0.2, 0.25) is 0 Å². The van der Waals surface area contributed by atoms with Crippen LogP contribution >= 0.6 is 0 Å². The SMILES string of the molecule is CCCOC(=O)C(C)(C)CC(CC(C)(CC)C(=O)OCCOC(=O)C(C)(C)CC)n1ccnc1. The highest BCUT2D eigenvalue weighted by atomic mass is 16.6. The van der Waals surface area contributed by atoms with Crippen molar-refractivity contribution >= 4 is 17.9 Å². The minimum Gasteiger partial charge on any atom is -0.465 e. The molecule has 2 unspecified atom stereocenters. The molecule has 0 saturated carbocycles. The summed E-state index contributed by atoms with van der Waals surface area (Å²) in [5, 5.41) is 0. The topological polar surface area (TPSA) is 96.7 Å². The fourth-order valence-electron chi connectivity index (χ4n) is 3.51. The zero-order valence-corrected chi connectivity index (χ0v) is 22.3. The lowest BCUT2D eigenvalue weighted by atomic mass is 9.76. The predicted molar refractivity (Wildman–Crippen MR) is 130 cm³/mol. The number of rotatable bonds is 15. The van der Waals surface area contributed by atoms with Crippen molar-refractivity contribution in [1.29, 1.82) is 0 Å². The van der Waals surface area contributed by atoms with E-state index < -0.39 is 16.2 Å². The van der Waals surface area contributed by atoms with Crippen molar-refractivity contribution in [3.8, 4) is 0 Å². The first-order chi connectivity index (χ1) is 15.8. The highest BCUT2D eigenvalue weighted by Crippen LogP contribution is 2.39. The van der Waals surface area contributed by atoms with Gasteiger partial charge in [0.25, 0.3) is 0 Å². The van der Waals surface area contributed by atoms with Gasteiger partial charge in [-0.05, 0) is 66.7 Å². The molecule has 8 nitrogen and oxygen atoms in total. The van der Waals surface area contributed by atoms with Gasteiger partial charge in [-0.3, -0.25) is 14.4 Å². The van der Waals surface area contributed by atoms with E-state index in [4.69, 9.17) is 14.2 Å². The molecule has 194 valence electrons. The Morgan fingerprint density at radius 3 is 1.85 bits per heavy atom. The number of hydrogen-bond donors (Lipinski definition) is 0. The summed E-state index contributed by atoms with van der Waals surface area (Å²) in [6.07, 6.45) is 8.16. The summed E-state index contributed by atoms with van der Waals surface area (Å²) in [7, 11) is 0. The van der Waals surface area contributed by atoms with Crippen molar-refractivity contribution in [2.45, 2.75) is 93.5 Å². The molecule has 0 N–H and O–H groups in total. The monoisotopic (exact) mass is 480 g/mol. The molecule has 0 bridgehead atoms. The summed E-state index contributed by atoms with van der Waals surface area (Å²) in [6.45, 7) is 15.5. The van der Waals surface area contributed by atoms with Crippen molar-refractivity contribution in [1.82, 2.24) is 9.55 Å². The molecule has 8 heteroatoms. The number of hydrogen-bond acceptors (Lipinski definition) is 7. The van der Waals surface area contributed by atoms with Crippen LogP contribution in [0.1, 0.15) is 93.5 Å². The maximum Gasteiger partial charge on any atom is 0.311 e. The zero-order valence-electron chi connectivity index (χ0n) is 22.3. The van der Waals surface area contributed by atoms with Crippen LogP contribution in [0.3, 0.4) is 0 Å². The predicted octanol–water partition coefficient (Wildman–Crippen LogP) is 5.12. The molecule has 0 radical (unpaired) electrons. The first kappa shape index (κ1) is 29.7. The lowest BCUT2D eigenvalue weighted by Gasteiger charge is -2.34. The average Bonchev–Trinajstić information content (AvgIpc) is 3.34. The van der Waals surface area contributed by atoms with Gasteiger partial charge in [-0.25, -0.2) is 4.98 Å². The highest BCUT2D eigenvalue weighted by molar-refractivity contribution is 5.77. The Balaban J connectivity index is 2.86.